The zero-order valence-corrected chi connectivity index (χ0v) is 12.7. The minimum Gasteiger partial charge on any atom is -0.326 e. The third kappa shape index (κ3) is 4.04. The predicted molar refractivity (Wildman–Crippen MR) is 92.2 cm³/mol. The quantitative estimate of drug-likeness (QED) is 0.772. The third-order valence-corrected chi connectivity index (χ3v) is 3.72. The largest absolute Gasteiger partial charge is 0.326 e. The predicted octanol–water partition coefficient (Wildman–Crippen LogP) is 4.05. The molecule has 0 bridgehead atoms. The van der Waals surface area contributed by atoms with Gasteiger partial charge in [0.15, 0.2) is 0 Å². The second-order valence-corrected chi connectivity index (χ2v) is 5.38. The molecule has 3 aromatic rings. The topological polar surface area (TPSA) is 42.0 Å². The summed E-state index contributed by atoms with van der Waals surface area (Å²) < 4.78 is 0. The summed E-state index contributed by atoms with van der Waals surface area (Å²) in [5.41, 5.74) is 2.86. The molecule has 23 heavy (non-hydrogen) atoms. The molecule has 0 fully saturated rings. The SMILES string of the molecule is O=C(Nc1ccccc1)C(Cc1cccnc1)c1ccccc1. The molecule has 1 unspecified atom stereocenters. The molecule has 1 heterocycles. The monoisotopic (exact) mass is 302 g/mol. The van der Waals surface area contributed by atoms with E-state index in [4.69, 9.17) is 0 Å². The Hall–Kier alpha value is -2.94. The van der Waals surface area contributed by atoms with E-state index in [0.29, 0.717) is 6.42 Å². The van der Waals surface area contributed by atoms with Gasteiger partial charge in [0.1, 0.15) is 0 Å². The Bertz CT molecular complexity index is 742. The first kappa shape index (κ1) is 15.0. The van der Waals surface area contributed by atoms with Gasteiger partial charge in [-0.2, -0.15) is 0 Å². The van der Waals surface area contributed by atoms with E-state index >= 15 is 0 Å². The number of benzene rings is 2. The number of nitrogens with zero attached hydrogens (tertiary/aromatic N) is 1. The summed E-state index contributed by atoms with van der Waals surface area (Å²) in [5, 5.41) is 3.00. The second-order valence-electron chi connectivity index (χ2n) is 5.38. The lowest BCUT2D eigenvalue weighted by molar-refractivity contribution is -0.117. The van der Waals surface area contributed by atoms with Gasteiger partial charge >= 0.3 is 0 Å². The van der Waals surface area contributed by atoms with E-state index in [9.17, 15) is 4.79 Å². The highest BCUT2D eigenvalue weighted by atomic mass is 16.1. The third-order valence-electron chi connectivity index (χ3n) is 3.72. The number of pyridine rings is 1. The maximum absolute atomic E-state index is 12.8. The number of para-hydroxylation sites is 1. The smallest absolute Gasteiger partial charge is 0.232 e. The van der Waals surface area contributed by atoms with Crippen molar-refractivity contribution in [2.45, 2.75) is 12.3 Å². The maximum atomic E-state index is 12.8. The minimum absolute atomic E-state index is 0.00810. The molecule has 3 nitrogen and oxygen atoms in total. The average molecular weight is 302 g/mol. The maximum Gasteiger partial charge on any atom is 0.232 e. The highest BCUT2D eigenvalue weighted by Gasteiger charge is 2.21. The van der Waals surface area contributed by atoms with E-state index in [-0.39, 0.29) is 11.8 Å². The van der Waals surface area contributed by atoms with Gasteiger partial charge in [0.25, 0.3) is 0 Å². The molecule has 0 saturated carbocycles. The van der Waals surface area contributed by atoms with Crippen molar-refractivity contribution >= 4 is 11.6 Å². The lowest BCUT2D eigenvalue weighted by atomic mass is 9.91. The zero-order chi connectivity index (χ0) is 15.9. The van der Waals surface area contributed by atoms with Crippen LogP contribution in [0.1, 0.15) is 17.0 Å². The Morgan fingerprint density at radius 2 is 1.61 bits per heavy atom. The van der Waals surface area contributed by atoms with Crippen molar-refractivity contribution in [2.75, 3.05) is 5.32 Å². The fourth-order valence-corrected chi connectivity index (χ4v) is 2.55. The standard InChI is InChI=1S/C20H18N2O/c23-20(22-18-11-5-2-6-12-18)19(17-9-3-1-4-10-17)14-16-8-7-13-21-15-16/h1-13,15,19H,14H2,(H,22,23). The molecular weight excluding hydrogens is 284 g/mol. The summed E-state index contributed by atoms with van der Waals surface area (Å²) in [5.74, 6) is -0.258. The molecule has 1 atom stereocenters. The summed E-state index contributed by atoms with van der Waals surface area (Å²) in [6, 6.07) is 23.3. The van der Waals surface area contributed by atoms with Crippen molar-refractivity contribution in [1.82, 2.24) is 4.98 Å². The molecule has 0 aliphatic heterocycles. The highest BCUT2D eigenvalue weighted by Crippen LogP contribution is 2.22. The van der Waals surface area contributed by atoms with E-state index < -0.39 is 0 Å². The molecule has 3 heteroatoms. The van der Waals surface area contributed by atoms with Crippen molar-refractivity contribution in [1.29, 1.82) is 0 Å². The van der Waals surface area contributed by atoms with Crippen LogP contribution in [0.3, 0.4) is 0 Å². The van der Waals surface area contributed by atoms with Crippen LogP contribution in [-0.2, 0) is 11.2 Å². The van der Waals surface area contributed by atoms with Crippen LogP contribution in [0.5, 0.6) is 0 Å². The average Bonchev–Trinajstić information content (AvgIpc) is 2.62. The summed E-state index contributed by atoms with van der Waals surface area (Å²) in [7, 11) is 0. The van der Waals surface area contributed by atoms with Crippen LogP contribution >= 0.6 is 0 Å². The van der Waals surface area contributed by atoms with Crippen molar-refractivity contribution in [3.05, 3.63) is 96.3 Å². The van der Waals surface area contributed by atoms with Crippen molar-refractivity contribution in [2.24, 2.45) is 0 Å². The van der Waals surface area contributed by atoms with E-state index in [2.05, 4.69) is 10.3 Å². The number of amides is 1. The number of rotatable bonds is 5. The molecule has 114 valence electrons. The summed E-state index contributed by atoms with van der Waals surface area (Å²) in [6.07, 6.45) is 4.17. The molecule has 0 radical (unpaired) electrons. The lowest BCUT2D eigenvalue weighted by Crippen LogP contribution is -2.23. The minimum atomic E-state index is -0.249. The van der Waals surface area contributed by atoms with E-state index in [0.717, 1.165) is 16.8 Å². The molecule has 1 amide bonds. The number of hydrogen-bond acceptors (Lipinski definition) is 2. The number of nitrogens with one attached hydrogen (secondary N) is 1. The first-order valence-electron chi connectivity index (χ1n) is 7.63. The summed E-state index contributed by atoms with van der Waals surface area (Å²) in [6.45, 7) is 0. The molecule has 3 rings (SSSR count). The molecule has 1 N–H and O–H groups in total. The van der Waals surface area contributed by atoms with Crippen molar-refractivity contribution in [3.8, 4) is 0 Å². The molecule has 0 saturated heterocycles. The lowest BCUT2D eigenvalue weighted by Gasteiger charge is -2.17. The molecule has 0 spiro atoms. The van der Waals surface area contributed by atoms with Crippen LogP contribution < -0.4 is 5.32 Å². The van der Waals surface area contributed by atoms with E-state index in [1.54, 1.807) is 6.20 Å². The van der Waals surface area contributed by atoms with Crippen LogP contribution in [0.15, 0.2) is 85.2 Å². The summed E-state index contributed by atoms with van der Waals surface area (Å²) in [4.78, 5) is 16.9. The number of carbonyl (C=O) groups is 1. The van der Waals surface area contributed by atoms with E-state index in [1.165, 1.54) is 0 Å². The number of hydrogen-bond donors (Lipinski definition) is 1. The van der Waals surface area contributed by atoms with Gasteiger partial charge in [0.05, 0.1) is 5.92 Å². The van der Waals surface area contributed by atoms with Gasteiger partial charge in [-0.3, -0.25) is 9.78 Å². The Kier molecular flexibility index (Phi) is 4.79. The van der Waals surface area contributed by atoms with Gasteiger partial charge in [-0.1, -0.05) is 54.6 Å². The Labute approximate surface area is 136 Å². The Morgan fingerprint density at radius 3 is 2.26 bits per heavy atom. The van der Waals surface area contributed by atoms with Crippen molar-refractivity contribution < 1.29 is 4.79 Å². The first-order valence-corrected chi connectivity index (χ1v) is 7.63. The van der Waals surface area contributed by atoms with Gasteiger partial charge in [-0.15, -0.1) is 0 Å². The Balaban J connectivity index is 1.84. The molecular formula is C20H18N2O. The normalized spacial score (nSPS) is 11.7. The van der Waals surface area contributed by atoms with Crippen LogP contribution in [-0.4, -0.2) is 10.9 Å². The van der Waals surface area contributed by atoms with Crippen LogP contribution in [0.25, 0.3) is 0 Å². The van der Waals surface area contributed by atoms with Crippen LogP contribution in [0.4, 0.5) is 5.69 Å². The molecule has 2 aromatic carbocycles. The van der Waals surface area contributed by atoms with Gasteiger partial charge in [-0.25, -0.2) is 0 Å². The molecule has 1 aromatic heterocycles. The fourth-order valence-electron chi connectivity index (χ4n) is 2.55. The second kappa shape index (κ2) is 7.36. The summed E-state index contributed by atoms with van der Waals surface area (Å²) >= 11 is 0. The zero-order valence-electron chi connectivity index (χ0n) is 12.7. The molecule has 0 aliphatic rings. The number of anilines is 1. The van der Waals surface area contributed by atoms with Crippen LogP contribution in [0.2, 0.25) is 0 Å². The van der Waals surface area contributed by atoms with Crippen molar-refractivity contribution in [3.63, 3.8) is 0 Å². The first-order chi connectivity index (χ1) is 11.3. The number of carbonyl (C=O) groups excluding carboxylic acids is 1. The molecule has 0 aliphatic carbocycles. The van der Waals surface area contributed by atoms with Gasteiger partial charge in [0.2, 0.25) is 5.91 Å². The van der Waals surface area contributed by atoms with Gasteiger partial charge in [-0.05, 0) is 35.7 Å². The van der Waals surface area contributed by atoms with Gasteiger partial charge < -0.3 is 5.32 Å². The van der Waals surface area contributed by atoms with Crippen LogP contribution in [0, 0.1) is 0 Å². The van der Waals surface area contributed by atoms with Gasteiger partial charge in [0, 0.05) is 18.1 Å². The number of aromatic nitrogens is 1. The van der Waals surface area contributed by atoms with E-state index in [1.807, 2.05) is 79.0 Å². The fraction of sp³-hybridized carbons (Fsp3) is 0.100. The Morgan fingerprint density at radius 1 is 0.913 bits per heavy atom. The highest BCUT2D eigenvalue weighted by molar-refractivity contribution is 5.96.